The van der Waals surface area contributed by atoms with E-state index < -0.39 is 0 Å². The molecule has 3 heterocycles. The zero-order valence-corrected chi connectivity index (χ0v) is 13.4. The molecule has 3 nitrogen and oxygen atoms in total. The molecular formula is C17H24N2OS. The summed E-state index contributed by atoms with van der Waals surface area (Å²) >= 11 is 1.86. The van der Waals surface area contributed by atoms with Gasteiger partial charge in [0.25, 0.3) is 0 Å². The molecule has 4 heteroatoms. The summed E-state index contributed by atoms with van der Waals surface area (Å²) in [5.74, 6) is 1.08. The van der Waals surface area contributed by atoms with Crippen molar-refractivity contribution in [1.82, 2.24) is 10.2 Å². The van der Waals surface area contributed by atoms with Gasteiger partial charge in [-0.15, -0.1) is 11.3 Å². The van der Waals surface area contributed by atoms with Gasteiger partial charge in [-0.05, 0) is 49.8 Å². The molecule has 2 aromatic heterocycles. The fourth-order valence-electron chi connectivity index (χ4n) is 3.07. The van der Waals surface area contributed by atoms with E-state index in [4.69, 9.17) is 4.42 Å². The molecule has 1 saturated heterocycles. The van der Waals surface area contributed by atoms with Gasteiger partial charge in [0.2, 0.25) is 0 Å². The average molecular weight is 304 g/mol. The lowest BCUT2D eigenvalue weighted by Gasteiger charge is -2.33. The molecule has 1 N–H and O–H groups in total. The van der Waals surface area contributed by atoms with Gasteiger partial charge in [-0.2, -0.15) is 0 Å². The Morgan fingerprint density at radius 1 is 1.33 bits per heavy atom. The van der Waals surface area contributed by atoms with Crippen LogP contribution in [-0.4, -0.2) is 30.1 Å². The van der Waals surface area contributed by atoms with Gasteiger partial charge in [-0.25, -0.2) is 0 Å². The molecule has 1 aliphatic rings. The molecule has 0 saturated carbocycles. The van der Waals surface area contributed by atoms with E-state index in [-0.39, 0.29) is 0 Å². The minimum atomic E-state index is 0.560. The first-order valence-corrected chi connectivity index (χ1v) is 8.71. The topological polar surface area (TPSA) is 28.4 Å². The summed E-state index contributed by atoms with van der Waals surface area (Å²) in [7, 11) is 0. The van der Waals surface area contributed by atoms with E-state index in [2.05, 4.69) is 40.7 Å². The zero-order chi connectivity index (χ0) is 14.5. The van der Waals surface area contributed by atoms with Gasteiger partial charge in [0.15, 0.2) is 0 Å². The predicted octanol–water partition coefficient (Wildman–Crippen LogP) is 3.53. The van der Waals surface area contributed by atoms with E-state index in [9.17, 15) is 0 Å². The summed E-state index contributed by atoms with van der Waals surface area (Å²) in [5.41, 5.74) is 0. The summed E-state index contributed by atoms with van der Waals surface area (Å²) in [5, 5.41) is 5.95. The van der Waals surface area contributed by atoms with Crippen molar-refractivity contribution in [1.29, 1.82) is 0 Å². The maximum absolute atomic E-state index is 5.43. The Kier molecular flexibility index (Phi) is 5.12. The third kappa shape index (κ3) is 4.43. The number of hydrogen-bond donors (Lipinski definition) is 1. The van der Waals surface area contributed by atoms with E-state index in [1.165, 1.54) is 17.7 Å². The van der Waals surface area contributed by atoms with Crippen LogP contribution in [0.1, 0.15) is 30.4 Å². The van der Waals surface area contributed by atoms with Crippen LogP contribution >= 0.6 is 11.3 Å². The van der Waals surface area contributed by atoms with Crippen molar-refractivity contribution in [2.45, 2.75) is 44.8 Å². The summed E-state index contributed by atoms with van der Waals surface area (Å²) in [6.07, 6.45) is 5.37. The molecule has 1 atom stereocenters. The largest absolute Gasteiger partial charge is 0.468 e. The molecule has 114 valence electrons. The van der Waals surface area contributed by atoms with Crippen LogP contribution < -0.4 is 5.32 Å². The van der Waals surface area contributed by atoms with E-state index in [0.29, 0.717) is 12.1 Å². The Bertz CT molecular complexity index is 501. The lowest BCUT2D eigenvalue weighted by Crippen LogP contribution is -2.45. The molecule has 1 aliphatic heterocycles. The Hall–Kier alpha value is -1.10. The van der Waals surface area contributed by atoms with Crippen LogP contribution in [-0.2, 0) is 13.0 Å². The number of nitrogens with zero attached hydrogens (tertiary/aromatic N) is 1. The van der Waals surface area contributed by atoms with E-state index in [1.54, 1.807) is 6.26 Å². The van der Waals surface area contributed by atoms with Gasteiger partial charge >= 0.3 is 0 Å². The maximum Gasteiger partial charge on any atom is 0.117 e. The molecule has 0 radical (unpaired) electrons. The van der Waals surface area contributed by atoms with Crippen LogP contribution in [0.15, 0.2) is 40.3 Å². The monoisotopic (exact) mass is 304 g/mol. The number of hydrogen-bond acceptors (Lipinski definition) is 4. The van der Waals surface area contributed by atoms with Gasteiger partial charge in [-0.1, -0.05) is 6.07 Å². The smallest absolute Gasteiger partial charge is 0.117 e. The van der Waals surface area contributed by atoms with Crippen LogP contribution in [0.5, 0.6) is 0 Å². The summed E-state index contributed by atoms with van der Waals surface area (Å²) in [4.78, 5) is 3.96. The highest BCUT2D eigenvalue weighted by Crippen LogP contribution is 2.16. The molecule has 1 fully saturated rings. The predicted molar refractivity (Wildman–Crippen MR) is 87.6 cm³/mol. The lowest BCUT2D eigenvalue weighted by molar-refractivity contribution is 0.174. The molecule has 2 aromatic rings. The fourth-order valence-corrected chi connectivity index (χ4v) is 3.91. The van der Waals surface area contributed by atoms with Gasteiger partial charge in [0.1, 0.15) is 5.76 Å². The highest BCUT2D eigenvalue weighted by molar-refractivity contribution is 7.09. The SMILES string of the molecule is CC(Cc1cccs1)NC1CCN(Cc2ccco2)CC1. The number of likely N-dealkylation sites (tertiary alicyclic amines) is 1. The highest BCUT2D eigenvalue weighted by Gasteiger charge is 2.21. The standard InChI is InChI=1S/C17H24N2OS/c1-14(12-17-5-3-11-21-17)18-15-6-8-19(9-7-15)13-16-4-2-10-20-16/h2-5,10-11,14-15,18H,6-9,12-13H2,1H3. The number of rotatable bonds is 6. The first kappa shape index (κ1) is 14.8. The minimum absolute atomic E-state index is 0.560. The van der Waals surface area contributed by atoms with Crippen molar-refractivity contribution in [2.75, 3.05) is 13.1 Å². The van der Waals surface area contributed by atoms with Crippen molar-refractivity contribution >= 4 is 11.3 Å². The first-order chi connectivity index (χ1) is 10.3. The second-order valence-electron chi connectivity index (χ2n) is 5.98. The van der Waals surface area contributed by atoms with Crippen LogP contribution in [0.3, 0.4) is 0 Å². The number of nitrogens with one attached hydrogen (secondary N) is 1. The second kappa shape index (κ2) is 7.25. The zero-order valence-electron chi connectivity index (χ0n) is 12.6. The number of furan rings is 1. The first-order valence-electron chi connectivity index (χ1n) is 7.83. The Morgan fingerprint density at radius 3 is 2.86 bits per heavy atom. The van der Waals surface area contributed by atoms with Crippen LogP contribution in [0.4, 0.5) is 0 Å². The highest BCUT2D eigenvalue weighted by atomic mass is 32.1. The summed E-state index contributed by atoms with van der Waals surface area (Å²) in [6, 6.07) is 9.62. The quantitative estimate of drug-likeness (QED) is 0.885. The third-order valence-corrected chi connectivity index (χ3v) is 5.05. The maximum atomic E-state index is 5.43. The molecule has 0 aromatic carbocycles. The molecule has 3 rings (SSSR count). The van der Waals surface area contributed by atoms with E-state index in [0.717, 1.165) is 31.8 Å². The Labute approximate surface area is 131 Å². The molecule has 0 amide bonds. The van der Waals surface area contributed by atoms with Crippen LogP contribution in [0.25, 0.3) is 0 Å². The van der Waals surface area contributed by atoms with Crippen molar-refractivity contribution in [2.24, 2.45) is 0 Å². The third-order valence-electron chi connectivity index (χ3n) is 4.15. The molecule has 1 unspecified atom stereocenters. The van der Waals surface area contributed by atoms with Crippen molar-refractivity contribution in [3.8, 4) is 0 Å². The van der Waals surface area contributed by atoms with Crippen LogP contribution in [0.2, 0.25) is 0 Å². The summed E-state index contributed by atoms with van der Waals surface area (Å²) < 4.78 is 5.43. The Balaban J connectivity index is 1.39. The summed E-state index contributed by atoms with van der Waals surface area (Å²) in [6.45, 7) is 5.56. The average Bonchev–Trinajstić information content (AvgIpc) is 3.14. The van der Waals surface area contributed by atoms with Crippen molar-refractivity contribution < 1.29 is 4.42 Å². The molecule has 21 heavy (non-hydrogen) atoms. The Morgan fingerprint density at radius 2 is 2.19 bits per heavy atom. The van der Waals surface area contributed by atoms with Crippen molar-refractivity contribution in [3.05, 3.63) is 46.5 Å². The van der Waals surface area contributed by atoms with Gasteiger partial charge in [-0.3, -0.25) is 4.90 Å². The minimum Gasteiger partial charge on any atom is -0.468 e. The second-order valence-corrected chi connectivity index (χ2v) is 7.01. The molecule has 0 aliphatic carbocycles. The molecule has 0 bridgehead atoms. The van der Waals surface area contributed by atoms with Gasteiger partial charge in [0.05, 0.1) is 12.8 Å². The van der Waals surface area contributed by atoms with E-state index >= 15 is 0 Å². The number of piperidine rings is 1. The van der Waals surface area contributed by atoms with Crippen molar-refractivity contribution in [3.63, 3.8) is 0 Å². The molecular weight excluding hydrogens is 280 g/mol. The fraction of sp³-hybridized carbons (Fsp3) is 0.529. The number of thiophene rings is 1. The van der Waals surface area contributed by atoms with Gasteiger partial charge in [0, 0.05) is 30.1 Å². The van der Waals surface area contributed by atoms with E-state index in [1.807, 2.05) is 17.4 Å². The normalized spacial score (nSPS) is 18.9. The van der Waals surface area contributed by atoms with Gasteiger partial charge < -0.3 is 9.73 Å². The molecule has 0 spiro atoms. The lowest BCUT2D eigenvalue weighted by atomic mass is 10.0. The van der Waals surface area contributed by atoms with Crippen LogP contribution in [0, 0.1) is 0 Å².